The Labute approximate surface area is 199 Å². The van der Waals surface area contributed by atoms with Crippen molar-refractivity contribution in [3.8, 4) is 11.5 Å². The molecule has 33 heavy (non-hydrogen) atoms. The molecule has 1 heterocycles. The van der Waals surface area contributed by atoms with Crippen LogP contribution in [0.1, 0.15) is 36.2 Å². The summed E-state index contributed by atoms with van der Waals surface area (Å²) >= 11 is 6.37. The van der Waals surface area contributed by atoms with E-state index in [1.54, 1.807) is 18.2 Å². The molecule has 0 unspecified atom stereocenters. The number of carbonyl (C=O) groups excluding carboxylic acids is 1. The number of halogens is 1. The molecular weight excluding hydrogens is 466 g/mol. The minimum absolute atomic E-state index is 0.153. The minimum Gasteiger partial charge on any atom is -0.490 e. The van der Waals surface area contributed by atoms with Crippen LogP contribution in [0, 0.1) is 0 Å². The Morgan fingerprint density at radius 2 is 1.82 bits per heavy atom. The topological polar surface area (TPSA) is 82.1 Å². The maximum Gasteiger partial charge on any atom is 0.243 e. The van der Waals surface area contributed by atoms with Gasteiger partial charge in [0.2, 0.25) is 10.0 Å². The van der Waals surface area contributed by atoms with Crippen molar-refractivity contribution in [3.63, 3.8) is 0 Å². The number of ketones is 1. The molecule has 0 N–H and O–H groups in total. The lowest BCUT2D eigenvalue weighted by atomic mass is 10.1. The van der Waals surface area contributed by atoms with Crippen molar-refractivity contribution in [3.05, 3.63) is 58.6 Å². The smallest absolute Gasteiger partial charge is 0.243 e. The van der Waals surface area contributed by atoms with E-state index in [0.29, 0.717) is 67.2 Å². The summed E-state index contributed by atoms with van der Waals surface area (Å²) in [7, 11) is -3.60. The van der Waals surface area contributed by atoms with Crippen LogP contribution in [0.3, 0.4) is 0 Å². The second kappa shape index (κ2) is 11.7. The molecule has 9 heteroatoms. The second-order valence-electron chi connectivity index (χ2n) is 7.35. The van der Waals surface area contributed by atoms with E-state index in [0.717, 1.165) is 6.42 Å². The lowest BCUT2D eigenvalue weighted by Crippen LogP contribution is -2.40. The van der Waals surface area contributed by atoms with Crippen LogP contribution < -0.4 is 9.47 Å². The molecule has 2 aromatic carbocycles. The molecule has 1 aliphatic heterocycles. The number of nitrogens with zero attached hydrogens (tertiary/aromatic N) is 1. The third kappa shape index (κ3) is 6.35. The summed E-state index contributed by atoms with van der Waals surface area (Å²) < 4.78 is 43.4. The molecule has 0 atom stereocenters. The fourth-order valence-electron chi connectivity index (χ4n) is 3.29. The lowest BCUT2D eigenvalue weighted by Gasteiger charge is -2.26. The summed E-state index contributed by atoms with van der Waals surface area (Å²) in [4.78, 5) is 12.8. The molecule has 2 aromatic rings. The predicted molar refractivity (Wildman–Crippen MR) is 128 cm³/mol. The predicted octanol–water partition coefficient (Wildman–Crippen LogP) is 4.44. The van der Waals surface area contributed by atoms with E-state index in [4.69, 9.17) is 25.8 Å². The Morgan fingerprint density at radius 3 is 2.45 bits per heavy atom. The molecule has 1 aliphatic rings. The number of rotatable bonds is 10. The fourth-order valence-corrected chi connectivity index (χ4v) is 4.97. The molecule has 7 nitrogen and oxygen atoms in total. The number of hydrogen-bond donors (Lipinski definition) is 0. The molecule has 0 aliphatic carbocycles. The molecule has 0 aromatic heterocycles. The average molecular weight is 494 g/mol. The normalized spacial score (nSPS) is 15.0. The SMILES string of the molecule is CCCOc1c(Cl)cc(/C=C/C(=O)c2ccc(S(=O)(=O)N3CCOCC3)cc2)cc1OCC. The van der Waals surface area contributed by atoms with Gasteiger partial charge < -0.3 is 14.2 Å². The van der Waals surface area contributed by atoms with E-state index in [-0.39, 0.29) is 10.7 Å². The molecule has 3 rings (SSSR count). The van der Waals surface area contributed by atoms with Crippen LogP contribution in [-0.2, 0) is 14.8 Å². The Hall–Kier alpha value is -2.39. The summed E-state index contributed by atoms with van der Waals surface area (Å²) in [6.45, 7) is 6.23. The molecule has 0 radical (unpaired) electrons. The van der Waals surface area contributed by atoms with Crippen LogP contribution in [0.15, 0.2) is 47.4 Å². The Bertz CT molecular complexity index is 1090. The first-order chi connectivity index (χ1) is 15.9. The van der Waals surface area contributed by atoms with Crippen molar-refractivity contribution < 1.29 is 27.4 Å². The van der Waals surface area contributed by atoms with E-state index < -0.39 is 10.0 Å². The number of morpholine rings is 1. The van der Waals surface area contributed by atoms with Gasteiger partial charge in [-0.2, -0.15) is 4.31 Å². The minimum atomic E-state index is -3.60. The van der Waals surface area contributed by atoms with Crippen LogP contribution in [0.5, 0.6) is 11.5 Å². The molecular formula is C24H28ClNO6S. The first kappa shape index (κ1) is 25.2. The quantitative estimate of drug-likeness (QED) is 0.359. The van der Waals surface area contributed by atoms with E-state index in [9.17, 15) is 13.2 Å². The number of hydrogen-bond acceptors (Lipinski definition) is 6. The monoisotopic (exact) mass is 493 g/mol. The van der Waals surface area contributed by atoms with Crippen molar-refractivity contribution in [2.24, 2.45) is 0 Å². The van der Waals surface area contributed by atoms with Gasteiger partial charge in [-0.05, 0) is 61.4 Å². The van der Waals surface area contributed by atoms with Crippen LogP contribution >= 0.6 is 11.6 Å². The average Bonchev–Trinajstić information content (AvgIpc) is 2.83. The Kier molecular flexibility index (Phi) is 8.91. The van der Waals surface area contributed by atoms with E-state index in [2.05, 4.69) is 0 Å². The largest absolute Gasteiger partial charge is 0.490 e. The first-order valence-corrected chi connectivity index (χ1v) is 12.7. The molecule has 0 amide bonds. The van der Waals surface area contributed by atoms with Crippen LogP contribution in [0.2, 0.25) is 5.02 Å². The summed E-state index contributed by atoms with van der Waals surface area (Å²) in [6.07, 6.45) is 3.89. The summed E-state index contributed by atoms with van der Waals surface area (Å²) in [5, 5.41) is 0.402. The highest BCUT2D eigenvalue weighted by molar-refractivity contribution is 7.89. The zero-order valence-electron chi connectivity index (χ0n) is 18.8. The summed E-state index contributed by atoms with van der Waals surface area (Å²) in [6, 6.07) is 9.41. The highest BCUT2D eigenvalue weighted by atomic mass is 35.5. The van der Waals surface area contributed by atoms with Gasteiger partial charge in [-0.3, -0.25) is 4.79 Å². The van der Waals surface area contributed by atoms with Crippen LogP contribution in [-0.4, -0.2) is 58.0 Å². The number of ether oxygens (including phenoxy) is 3. The van der Waals surface area contributed by atoms with Gasteiger partial charge in [0, 0.05) is 18.7 Å². The van der Waals surface area contributed by atoms with Crippen LogP contribution in [0.4, 0.5) is 0 Å². The van der Waals surface area contributed by atoms with Gasteiger partial charge in [-0.15, -0.1) is 0 Å². The van der Waals surface area contributed by atoms with Gasteiger partial charge in [0.05, 0.1) is 36.3 Å². The van der Waals surface area contributed by atoms with E-state index in [1.807, 2.05) is 13.8 Å². The molecule has 1 fully saturated rings. The summed E-state index contributed by atoms with van der Waals surface area (Å²) in [5.74, 6) is 0.745. The standard InChI is InChI=1S/C24H28ClNO6S/c1-3-13-32-24-21(25)16-18(17-23(24)31-4-2)5-10-22(27)19-6-8-20(9-7-19)33(28,29)26-11-14-30-15-12-26/h5-10,16-17H,3-4,11-15H2,1-2H3/b10-5+. The third-order valence-corrected chi connectivity index (χ3v) is 7.15. The number of benzene rings is 2. The van der Waals surface area contributed by atoms with Crippen molar-refractivity contribution >= 4 is 33.5 Å². The number of carbonyl (C=O) groups is 1. The zero-order chi connectivity index (χ0) is 23.8. The second-order valence-corrected chi connectivity index (χ2v) is 9.70. The fraction of sp³-hybridized carbons (Fsp3) is 0.375. The first-order valence-electron chi connectivity index (χ1n) is 10.9. The van der Waals surface area contributed by atoms with Gasteiger partial charge in [0.1, 0.15) is 0 Å². The Balaban J connectivity index is 1.75. The van der Waals surface area contributed by atoms with E-state index >= 15 is 0 Å². The zero-order valence-corrected chi connectivity index (χ0v) is 20.3. The van der Waals surface area contributed by atoms with E-state index in [1.165, 1.54) is 34.6 Å². The lowest BCUT2D eigenvalue weighted by molar-refractivity contribution is 0.0730. The molecule has 0 saturated carbocycles. The number of allylic oxidation sites excluding steroid dienone is 1. The highest BCUT2D eigenvalue weighted by Crippen LogP contribution is 2.37. The molecule has 0 spiro atoms. The van der Waals surface area contributed by atoms with Crippen molar-refractivity contribution in [2.75, 3.05) is 39.5 Å². The summed E-state index contributed by atoms with van der Waals surface area (Å²) in [5.41, 5.74) is 1.07. The number of sulfonamides is 1. The molecule has 1 saturated heterocycles. The van der Waals surface area contributed by atoms with Gasteiger partial charge in [0.25, 0.3) is 0 Å². The maximum absolute atomic E-state index is 12.7. The van der Waals surface area contributed by atoms with Gasteiger partial charge >= 0.3 is 0 Å². The van der Waals surface area contributed by atoms with Crippen molar-refractivity contribution in [1.82, 2.24) is 4.31 Å². The highest BCUT2D eigenvalue weighted by Gasteiger charge is 2.26. The van der Waals surface area contributed by atoms with Gasteiger partial charge in [-0.25, -0.2) is 8.42 Å². The van der Waals surface area contributed by atoms with Crippen LogP contribution in [0.25, 0.3) is 6.08 Å². The third-order valence-electron chi connectivity index (χ3n) is 4.96. The van der Waals surface area contributed by atoms with Gasteiger partial charge in [0.15, 0.2) is 17.3 Å². The Morgan fingerprint density at radius 1 is 1.12 bits per heavy atom. The maximum atomic E-state index is 12.7. The van der Waals surface area contributed by atoms with Crippen molar-refractivity contribution in [2.45, 2.75) is 25.2 Å². The van der Waals surface area contributed by atoms with Gasteiger partial charge in [-0.1, -0.05) is 24.6 Å². The van der Waals surface area contributed by atoms with Crippen molar-refractivity contribution in [1.29, 1.82) is 0 Å². The molecule has 178 valence electrons. The molecule has 0 bridgehead atoms.